The van der Waals surface area contributed by atoms with Gasteiger partial charge in [-0.25, -0.2) is 0 Å². The summed E-state index contributed by atoms with van der Waals surface area (Å²) in [5.74, 6) is -1.82. The highest BCUT2D eigenvalue weighted by Crippen LogP contribution is 2.33. The number of nitrogens with zero attached hydrogens (tertiary/aromatic N) is 2. The molecule has 138 valence electrons. The third-order valence-corrected chi connectivity index (χ3v) is 6.68. The maximum Gasteiger partial charge on any atom is 0.451 e. The van der Waals surface area contributed by atoms with Crippen molar-refractivity contribution in [2.45, 2.75) is 24.7 Å². The predicted molar refractivity (Wildman–Crippen MR) is 87.2 cm³/mol. The molecule has 0 aromatic heterocycles. The number of carbonyl (C=O) groups is 1. The molecule has 2 fully saturated rings. The van der Waals surface area contributed by atoms with Crippen LogP contribution in [-0.4, -0.2) is 90.1 Å². The Morgan fingerprint density at radius 1 is 1.29 bits per heavy atom. The number of nitrogens with two attached hydrogens (primary N) is 1. The highest BCUT2D eigenvalue weighted by Gasteiger charge is 2.53. The SMILES string of the molecule is N[C@@]1(C(=O)O)CN(S(=O)(=O)N2CCNCC2)C[C@@H]1CCCB(O)O. The molecule has 2 aliphatic heterocycles. The fourth-order valence-corrected chi connectivity index (χ4v) is 4.96. The molecule has 2 heterocycles. The first-order valence-corrected chi connectivity index (χ1v) is 9.42. The molecule has 0 aromatic carbocycles. The Morgan fingerprint density at radius 2 is 1.92 bits per heavy atom. The molecule has 0 aliphatic carbocycles. The van der Waals surface area contributed by atoms with Crippen molar-refractivity contribution in [1.29, 1.82) is 0 Å². The Labute approximate surface area is 141 Å². The van der Waals surface area contributed by atoms with Gasteiger partial charge in [0.1, 0.15) is 5.54 Å². The molecular formula is C12H25BN4O6S. The Balaban J connectivity index is 2.11. The van der Waals surface area contributed by atoms with Crippen LogP contribution < -0.4 is 11.1 Å². The van der Waals surface area contributed by atoms with Crippen molar-refractivity contribution in [2.24, 2.45) is 11.7 Å². The largest absolute Gasteiger partial charge is 0.480 e. The summed E-state index contributed by atoms with van der Waals surface area (Å²) < 4.78 is 27.9. The van der Waals surface area contributed by atoms with Crippen molar-refractivity contribution in [2.75, 3.05) is 39.3 Å². The van der Waals surface area contributed by atoms with Crippen LogP contribution in [0.5, 0.6) is 0 Å². The lowest BCUT2D eigenvalue weighted by molar-refractivity contribution is -0.144. The van der Waals surface area contributed by atoms with E-state index in [9.17, 15) is 18.3 Å². The van der Waals surface area contributed by atoms with E-state index < -0.39 is 34.8 Å². The second-order valence-electron chi connectivity index (χ2n) is 6.40. The van der Waals surface area contributed by atoms with Crippen LogP contribution in [0.4, 0.5) is 0 Å². The number of hydrogen-bond donors (Lipinski definition) is 5. The average molecular weight is 364 g/mol. The normalized spacial score (nSPS) is 29.7. The average Bonchev–Trinajstić information content (AvgIpc) is 2.87. The molecule has 0 unspecified atom stereocenters. The first-order chi connectivity index (χ1) is 11.2. The van der Waals surface area contributed by atoms with E-state index >= 15 is 0 Å². The zero-order valence-corrected chi connectivity index (χ0v) is 14.3. The molecule has 0 bridgehead atoms. The van der Waals surface area contributed by atoms with Crippen LogP contribution in [-0.2, 0) is 15.0 Å². The fraction of sp³-hybridized carbons (Fsp3) is 0.917. The van der Waals surface area contributed by atoms with Gasteiger partial charge in [0, 0.05) is 45.2 Å². The second kappa shape index (κ2) is 7.64. The van der Waals surface area contributed by atoms with Gasteiger partial charge in [-0.15, -0.1) is 0 Å². The van der Waals surface area contributed by atoms with Gasteiger partial charge in [0.2, 0.25) is 0 Å². The van der Waals surface area contributed by atoms with E-state index in [1.807, 2.05) is 0 Å². The van der Waals surface area contributed by atoms with Gasteiger partial charge in [0.25, 0.3) is 10.2 Å². The van der Waals surface area contributed by atoms with Crippen molar-refractivity contribution >= 4 is 23.3 Å². The molecule has 0 aromatic rings. The lowest BCUT2D eigenvalue weighted by atomic mass is 9.78. The number of carboxylic acid groups (broad SMARTS) is 1. The van der Waals surface area contributed by atoms with Crippen LogP contribution in [0.3, 0.4) is 0 Å². The monoisotopic (exact) mass is 364 g/mol. The quantitative estimate of drug-likeness (QED) is 0.301. The summed E-state index contributed by atoms with van der Waals surface area (Å²) >= 11 is 0. The van der Waals surface area contributed by atoms with Crippen LogP contribution >= 0.6 is 0 Å². The highest BCUT2D eigenvalue weighted by molar-refractivity contribution is 7.86. The van der Waals surface area contributed by atoms with Gasteiger partial charge in [-0.1, -0.05) is 6.42 Å². The van der Waals surface area contributed by atoms with Gasteiger partial charge in [0.05, 0.1) is 0 Å². The molecule has 0 spiro atoms. The van der Waals surface area contributed by atoms with Crippen LogP contribution in [0.25, 0.3) is 0 Å². The summed E-state index contributed by atoms with van der Waals surface area (Å²) in [6.07, 6.45) is 0.765. The molecule has 2 atom stereocenters. The summed E-state index contributed by atoms with van der Waals surface area (Å²) in [6, 6.07) is 0. The maximum atomic E-state index is 12.7. The number of hydrogen-bond acceptors (Lipinski definition) is 7. The van der Waals surface area contributed by atoms with Crippen LogP contribution in [0, 0.1) is 5.92 Å². The van der Waals surface area contributed by atoms with Crippen molar-refractivity contribution in [3.05, 3.63) is 0 Å². The zero-order valence-electron chi connectivity index (χ0n) is 13.5. The van der Waals surface area contributed by atoms with E-state index in [2.05, 4.69) is 5.32 Å². The van der Waals surface area contributed by atoms with Gasteiger partial charge in [-0.05, 0) is 12.7 Å². The molecule has 0 amide bonds. The summed E-state index contributed by atoms with van der Waals surface area (Å²) in [4.78, 5) is 11.6. The molecule has 0 saturated carbocycles. The number of nitrogens with one attached hydrogen (secondary N) is 1. The third-order valence-electron chi connectivity index (χ3n) is 4.73. The summed E-state index contributed by atoms with van der Waals surface area (Å²) in [5, 5.41) is 30.4. The smallest absolute Gasteiger partial charge is 0.451 e. The molecule has 6 N–H and O–H groups in total. The van der Waals surface area contributed by atoms with Crippen LogP contribution in [0.15, 0.2) is 0 Å². The van der Waals surface area contributed by atoms with Gasteiger partial charge >= 0.3 is 13.1 Å². The number of rotatable bonds is 7. The predicted octanol–water partition coefficient (Wildman–Crippen LogP) is -2.90. The Hall–Kier alpha value is -0.755. The Morgan fingerprint density at radius 3 is 2.46 bits per heavy atom. The van der Waals surface area contributed by atoms with Gasteiger partial charge < -0.3 is 26.2 Å². The standard InChI is InChI=1S/C12H25BN4O6S/c14-12(11(18)19)9-17(8-10(12)2-1-3-13(20)21)24(22,23)16-6-4-15-5-7-16/h10,15,20-21H,1-9,14H2,(H,18,19)/t10-,12-/m0/s1. The number of piperazine rings is 1. The molecule has 2 saturated heterocycles. The molecule has 0 radical (unpaired) electrons. The van der Waals surface area contributed by atoms with Crippen molar-refractivity contribution in [1.82, 2.24) is 13.9 Å². The highest BCUT2D eigenvalue weighted by atomic mass is 32.2. The minimum atomic E-state index is -3.76. The number of aliphatic carboxylic acids is 1. The lowest BCUT2D eigenvalue weighted by Gasteiger charge is -2.30. The molecular weight excluding hydrogens is 339 g/mol. The van der Waals surface area contributed by atoms with Crippen molar-refractivity contribution in [3.63, 3.8) is 0 Å². The topological polar surface area (TPSA) is 156 Å². The van der Waals surface area contributed by atoms with E-state index in [1.54, 1.807) is 0 Å². The third kappa shape index (κ3) is 4.07. The summed E-state index contributed by atoms with van der Waals surface area (Å²) in [5.41, 5.74) is 4.35. The summed E-state index contributed by atoms with van der Waals surface area (Å²) in [7, 11) is -5.22. The molecule has 10 nitrogen and oxygen atoms in total. The first-order valence-electron chi connectivity index (χ1n) is 8.02. The van der Waals surface area contributed by atoms with Gasteiger partial charge in [-0.2, -0.15) is 17.0 Å². The fourth-order valence-electron chi connectivity index (χ4n) is 3.25. The minimum Gasteiger partial charge on any atom is -0.480 e. The Kier molecular flexibility index (Phi) is 6.23. The molecule has 24 heavy (non-hydrogen) atoms. The number of carboxylic acids is 1. The van der Waals surface area contributed by atoms with Crippen LogP contribution in [0.2, 0.25) is 6.32 Å². The zero-order chi connectivity index (χ0) is 18.0. The molecule has 2 rings (SSSR count). The van der Waals surface area contributed by atoms with E-state index in [-0.39, 0.29) is 19.4 Å². The minimum absolute atomic E-state index is 0.0244. The van der Waals surface area contributed by atoms with Crippen molar-refractivity contribution < 1.29 is 28.4 Å². The first kappa shape index (κ1) is 19.6. The van der Waals surface area contributed by atoms with E-state index in [1.165, 1.54) is 4.31 Å². The lowest BCUT2D eigenvalue weighted by Crippen LogP contribution is -2.56. The van der Waals surface area contributed by atoms with Gasteiger partial charge in [0.15, 0.2) is 0 Å². The molecule has 12 heteroatoms. The molecule has 2 aliphatic rings. The van der Waals surface area contributed by atoms with E-state index in [0.717, 1.165) is 4.31 Å². The van der Waals surface area contributed by atoms with E-state index in [4.69, 9.17) is 15.8 Å². The second-order valence-corrected chi connectivity index (χ2v) is 8.33. The Bertz CT molecular complexity index is 556. The summed E-state index contributed by atoms with van der Waals surface area (Å²) in [6.45, 7) is 1.53. The maximum absolute atomic E-state index is 12.7. The van der Waals surface area contributed by atoms with E-state index in [0.29, 0.717) is 39.0 Å². The van der Waals surface area contributed by atoms with Gasteiger partial charge in [-0.3, -0.25) is 4.79 Å². The van der Waals surface area contributed by atoms with Crippen molar-refractivity contribution in [3.8, 4) is 0 Å². The van der Waals surface area contributed by atoms with Crippen LogP contribution in [0.1, 0.15) is 12.8 Å².